The number of hydrogen-bond donors (Lipinski definition) is 1. The molecule has 1 aliphatic rings. The van der Waals surface area contributed by atoms with Crippen LogP contribution in [0.15, 0.2) is 61.3 Å². The zero-order valence-corrected chi connectivity index (χ0v) is 13.0. The van der Waals surface area contributed by atoms with Crippen molar-refractivity contribution in [1.29, 1.82) is 0 Å². The summed E-state index contributed by atoms with van der Waals surface area (Å²) in [4.78, 5) is 24.7. The van der Waals surface area contributed by atoms with Crippen molar-refractivity contribution >= 4 is 5.91 Å². The molecule has 1 N–H and O–H groups in total. The number of rotatable bonds is 4. The fourth-order valence-corrected chi connectivity index (χ4v) is 2.98. The van der Waals surface area contributed by atoms with E-state index in [0.717, 1.165) is 12.8 Å². The number of carbonyl (C=O) groups is 1. The molecule has 0 bridgehead atoms. The van der Waals surface area contributed by atoms with Gasteiger partial charge in [-0.05, 0) is 30.4 Å². The quantitative estimate of drug-likeness (QED) is 0.801. The SMILES string of the molecule is O=C(NC1CC(c2ccccc2)C1)c1nccc(-n2ccnc2)n1. The van der Waals surface area contributed by atoms with Crippen LogP contribution < -0.4 is 5.32 Å². The maximum atomic E-state index is 12.4. The Morgan fingerprint density at radius 3 is 2.71 bits per heavy atom. The van der Waals surface area contributed by atoms with Crippen LogP contribution in [-0.2, 0) is 0 Å². The fourth-order valence-electron chi connectivity index (χ4n) is 2.98. The molecular weight excluding hydrogens is 302 g/mol. The largest absolute Gasteiger partial charge is 0.347 e. The predicted octanol–water partition coefficient (Wildman–Crippen LogP) is 2.34. The third-order valence-electron chi connectivity index (χ3n) is 4.36. The fraction of sp³-hybridized carbons (Fsp3) is 0.222. The molecule has 0 spiro atoms. The Balaban J connectivity index is 1.38. The molecule has 0 aliphatic heterocycles. The van der Waals surface area contributed by atoms with Crippen LogP contribution in [0.1, 0.15) is 34.9 Å². The standard InChI is InChI=1S/C18H17N5O/c24-18(17-20-7-6-16(22-17)23-9-8-19-12-23)21-15-10-14(11-15)13-4-2-1-3-5-13/h1-9,12,14-15H,10-11H2,(H,21,24). The monoisotopic (exact) mass is 319 g/mol. The summed E-state index contributed by atoms with van der Waals surface area (Å²) >= 11 is 0. The van der Waals surface area contributed by atoms with Crippen molar-refractivity contribution in [3.05, 3.63) is 72.7 Å². The lowest BCUT2D eigenvalue weighted by Gasteiger charge is -2.36. The number of nitrogens with zero attached hydrogens (tertiary/aromatic N) is 4. The Bertz CT molecular complexity index is 826. The molecule has 0 atom stereocenters. The minimum absolute atomic E-state index is 0.184. The van der Waals surface area contributed by atoms with Crippen LogP contribution in [0.2, 0.25) is 0 Å². The van der Waals surface area contributed by atoms with Gasteiger partial charge in [0.2, 0.25) is 5.82 Å². The van der Waals surface area contributed by atoms with E-state index in [9.17, 15) is 4.79 Å². The molecule has 2 heterocycles. The van der Waals surface area contributed by atoms with Crippen LogP contribution in [0.3, 0.4) is 0 Å². The first-order valence-electron chi connectivity index (χ1n) is 7.97. The number of carbonyl (C=O) groups excluding carboxylic acids is 1. The van der Waals surface area contributed by atoms with Gasteiger partial charge in [0.1, 0.15) is 12.1 Å². The first-order chi connectivity index (χ1) is 11.8. The molecule has 0 saturated heterocycles. The highest BCUT2D eigenvalue weighted by Gasteiger charge is 2.31. The van der Waals surface area contributed by atoms with E-state index >= 15 is 0 Å². The maximum Gasteiger partial charge on any atom is 0.289 e. The van der Waals surface area contributed by atoms with Crippen molar-refractivity contribution in [1.82, 2.24) is 24.8 Å². The van der Waals surface area contributed by atoms with E-state index in [2.05, 4.69) is 44.5 Å². The van der Waals surface area contributed by atoms with Crippen LogP contribution in [-0.4, -0.2) is 31.5 Å². The molecule has 4 rings (SSSR count). The van der Waals surface area contributed by atoms with E-state index in [1.165, 1.54) is 5.56 Å². The molecule has 0 radical (unpaired) electrons. The predicted molar refractivity (Wildman–Crippen MR) is 88.8 cm³/mol. The van der Waals surface area contributed by atoms with Crippen molar-refractivity contribution in [3.63, 3.8) is 0 Å². The molecule has 3 aromatic rings. The first kappa shape index (κ1) is 14.6. The molecule has 6 nitrogen and oxygen atoms in total. The number of aromatic nitrogens is 4. The number of imidazole rings is 1. The van der Waals surface area contributed by atoms with Gasteiger partial charge in [0, 0.05) is 24.6 Å². The Kier molecular flexibility index (Phi) is 3.78. The van der Waals surface area contributed by atoms with Crippen LogP contribution in [0, 0.1) is 0 Å². The summed E-state index contributed by atoms with van der Waals surface area (Å²) in [5.74, 6) is 1.11. The van der Waals surface area contributed by atoms with E-state index in [4.69, 9.17) is 0 Å². The summed E-state index contributed by atoms with van der Waals surface area (Å²) in [7, 11) is 0. The van der Waals surface area contributed by atoms with E-state index in [1.54, 1.807) is 35.6 Å². The molecular formula is C18H17N5O. The number of nitrogens with one attached hydrogen (secondary N) is 1. The van der Waals surface area contributed by atoms with Gasteiger partial charge >= 0.3 is 0 Å². The molecule has 1 fully saturated rings. The second-order valence-electron chi connectivity index (χ2n) is 5.96. The van der Waals surface area contributed by atoms with Crippen molar-refractivity contribution in [2.75, 3.05) is 0 Å². The van der Waals surface area contributed by atoms with Crippen LogP contribution in [0.4, 0.5) is 0 Å². The molecule has 1 saturated carbocycles. The molecule has 1 aromatic carbocycles. The van der Waals surface area contributed by atoms with Gasteiger partial charge in [0.25, 0.3) is 5.91 Å². The maximum absolute atomic E-state index is 12.4. The molecule has 24 heavy (non-hydrogen) atoms. The molecule has 6 heteroatoms. The third-order valence-corrected chi connectivity index (χ3v) is 4.36. The van der Waals surface area contributed by atoms with Gasteiger partial charge in [-0.2, -0.15) is 0 Å². The zero-order valence-electron chi connectivity index (χ0n) is 13.0. The third kappa shape index (κ3) is 2.90. The van der Waals surface area contributed by atoms with Crippen molar-refractivity contribution in [2.24, 2.45) is 0 Å². The Morgan fingerprint density at radius 1 is 1.12 bits per heavy atom. The highest BCUT2D eigenvalue weighted by molar-refractivity contribution is 5.90. The van der Waals surface area contributed by atoms with E-state index < -0.39 is 0 Å². The summed E-state index contributed by atoms with van der Waals surface area (Å²) in [6.45, 7) is 0. The number of hydrogen-bond acceptors (Lipinski definition) is 4. The van der Waals surface area contributed by atoms with Crippen LogP contribution in [0.5, 0.6) is 0 Å². The molecule has 2 aromatic heterocycles. The van der Waals surface area contributed by atoms with E-state index in [0.29, 0.717) is 11.7 Å². The Morgan fingerprint density at radius 2 is 1.96 bits per heavy atom. The molecule has 120 valence electrons. The van der Waals surface area contributed by atoms with Gasteiger partial charge < -0.3 is 5.32 Å². The van der Waals surface area contributed by atoms with E-state index in [1.807, 2.05) is 6.07 Å². The Hall–Kier alpha value is -3.02. The highest BCUT2D eigenvalue weighted by atomic mass is 16.2. The lowest BCUT2D eigenvalue weighted by molar-refractivity contribution is 0.0898. The van der Waals surface area contributed by atoms with Crippen LogP contribution in [0.25, 0.3) is 5.82 Å². The smallest absolute Gasteiger partial charge is 0.289 e. The van der Waals surface area contributed by atoms with Gasteiger partial charge in [-0.1, -0.05) is 30.3 Å². The molecule has 1 amide bonds. The van der Waals surface area contributed by atoms with E-state index in [-0.39, 0.29) is 17.8 Å². The molecule has 0 unspecified atom stereocenters. The van der Waals surface area contributed by atoms with Gasteiger partial charge in [-0.15, -0.1) is 0 Å². The highest BCUT2D eigenvalue weighted by Crippen LogP contribution is 2.36. The zero-order chi connectivity index (χ0) is 16.4. The summed E-state index contributed by atoms with van der Waals surface area (Å²) in [5, 5.41) is 3.02. The Labute approximate surface area is 139 Å². The van der Waals surface area contributed by atoms with Gasteiger partial charge in [-0.3, -0.25) is 9.36 Å². The van der Waals surface area contributed by atoms with Gasteiger partial charge in [0.05, 0.1) is 0 Å². The van der Waals surface area contributed by atoms with Crippen molar-refractivity contribution in [3.8, 4) is 5.82 Å². The lowest BCUT2D eigenvalue weighted by Crippen LogP contribution is -2.43. The van der Waals surface area contributed by atoms with Crippen molar-refractivity contribution < 1.29 is 4.79 Å². The number of amides is 1. The normalized spacial score (nSPS) is 19.5. The summed E-state index contributed by atoms with van der Waals surface area (Å²) in [5.41, 5.74) is 1.33. The average molecular weight is 319 g/mol. The number of benzene rings is 1. The van der Waals surface area contributed by atoms with Gasteiger partial charge in [-0.25, -0.2) is 15.0 Å². The summed E-state index contributed by atoms with van der Waals surface area (Å²) in [6, 6.07) is 12.3. The lowest BCUT2D eigenvalue weighted by atomic mass is 9.76. The summed E-state index contributed by atoms with van der Waals surface area (Å²) < 4.78 is 1.74. The van der Waals surface area contributed by atoms with Crippen LogP contribution >= 0.6 is 0 Å². The topological polar surface area (TPSA) is 72.7 Å². The second kappa shape index (κ2) is 6.23. The first-order valence-corrected chi connectivity index (χ1v) is 7.97. The average Bonchev–Trinajstić information content (AvgIpc) is 3.13. The van der Waals surface area contributed by atoms with Crippen molar-refractivity contribution in [2.45, 2.75) is 24.8 Å². The summed E-state index contributed by atoms with van der Waals surface area (Å²) in [6.07, 6.45) is 8.58. The minimum atomic E-state index is -0.228. The second-order valence-corrected chi connectivity index (χ2v) is 5.96. The minimum Gasteiger partial charge on any atom is -0.347 e. The van der Waals surface area contributed by atoms with Gasteiger partial charge in [0.15, 0.2) is 0 Å². The molecule has 1 aliphatic carbocycles.